The number of carbonyl (C=O) groups excluding carboxylic acids is 1. The number of rotatable bonds is 6. The zero-order valence-corrected chi connectivity index (χ0v) is 14.9. The molecule has 1 aliphatic carbocycles. The van der Waals surface area contributed by atoms with Crippen LogP contribution in [0.2, 0.25) is 0 Å². The molecule has 3 N–H and O–H groups in total. The van der Waals surface area contributed by atoms with Crippen molar-refractivity contribution < 1.29 is 9.21 Å². The van der Waals surface area contributed by atoms with Gasteiger partial charge in [-0.15, -0.1) is 0 Å². The number of aryl methyl sites for hydroxylation is 1. The molecule has 1 atom stereocenters. The minimum atomic E-state index is -0.0238. The first-order valence-electron chi connectivity index (χ1n) is 8.65. The first-order chi connectivity index (χ1) is 11.7. The summed E-state index contributed by atoms with van der Waals surface area (Å²) in [5.74, 6) is 1.77. The van der Waals surface area contributed by atoms with E-state index < -0.39 is 0 Å². The van der Waals surface area contributed by atoms with Gasteiger partial charge in [0.15, 0.2) is 0 Å². The second-order valence-corrected chi connectivity index (χ2v) is 7.30. The quantitative estimate of drug-likeness (QED) is 0.840. The van der Waals surface area contributed by atoms with E-state index in [1.165, 1.54) is 19.3 Å². The third-order valence-corrected chi connectivity index (χ3v) is 5.49. The Kier molecular flexibility index (Phi) is 5.68. The van der Waals surface area contributed by atoms with E-state index in [4.69, 9.17) is 10.2 Å². The van der Waals surface area contributed by atoms with Crippen molar-refractivity contribution in [2.75, 3.05) is 6.54 Å². The highest BCUT2D eigenvalue weighted by Crippen LogP contribution is 2.27. The topological polar surface area (TPSA) is 81.2 Å². The summed E-state index contributed by atoms with van der Waals surface area (Å²) in [6.45, 7) is 2.35. The van der Waals surface area contributed by atoms with Crippen molar-refractivity contribution in [1.82, 2.24) is 10.3 Å². The van der Waals surface area contributed by atoms with Gasteiger partial charge < -0.3 is 15.5 Å². The average Bonchev–Trinajstić information content (AvgIpc) is 3.24. The molecule has 0 aromatic carbocycles. The van der Waals surface area contributed by atoms with Gasteiger partial charge in [-0.25, -0.2) is 4.98 Å². The first-order valence-corrected chi connectivity index (χ1v) is 9.60. The number of carbonyl (C=O) groups is 1. The molecule has 0 aliphatic heterocycles. The lowest BCUT2D eigenvalue weighted by Gasteiger charge is -2.30. The van der Waals surface area contributed by atoms with E-state index in [9.17, 15) is 4.79 Å². The van der Waals surface area contributed by atoms with Crippen LogP contribution < -0.4 is 11.1 Å². The fourth-order valence-electron chi connectivity index (χ4n) is 3.42. The molecular weight excluding hydrogens is 322 g/mol. The molecule has 1 saturated carbocycles. The molecule has 0 saturated heterocycles. The average molecular weight is 347 g/mol. The van der Waals surface area contributed by atoms with Crippen LogP contribution in [0.15, 0.2) is 21.2 Å². The van der Waals surface area contributed by atoms with Gasteiger partial charge in [0.2, 0.25) is 11.8 Å². The number of amides is 1. The SMILES string of the molecule is Cc1oc(-c2ccsc2)nc1CC(=O)NC(CN)C1CCCCC1. The Hall–Kier alpha value is -1.66. The highest BCUT2D eigenvalue weighted by atomic mass is 32.1. The third kappa shape index (κ3) is 4.05. The number of nitrogens with zero attached hydrogens (tertiary/aromatic N) is 1. The van der Waals surface area contributed by atoms with E-state index in [0.29, 0.717) is 29.8 Å². The molecular formula is C18H25N3O2S. The number of hydrogen-bond acceptors (Lipinski definition) is 5. The third-order valence-electron chi connectivity index (χ3n) is 4.81. The van der Waals surface area contributed by atoms with Gasteiger partial charge >= 0.3 is 0 Å². The summed E-state index contributed by atoms with van der Waals surface area (Å²) in [5, 5.41) is 7.08. The minimum Gasteiger partial charge on any atom is -0.441 e. The molecule has 6 heteroatoms. The van der Waals surface area contributed by atoms with Crippen molar-refractivity contribution in [3.05, 3.63) is 28.3 Å². The second-order valence-electron chi connectivity index (χ2n) is 6.52. The summed E-state index contributed by atoms with van der Waals surface area (Å²) in [5.41, 5.74) is 7.55. The highest BCUT2D eigenvalue weighted by molar-refractivity contribution is 7.08. The molecule has 2 aromatic rings. The maximum absolute atomic E-state index is 12.4. The van der Waals surface area contributed by atoms with Crippen molar-refractivity contribution in [2.24, 2.45) is 11.7 Å². The summed E-state index contributed by atoms with van der Waals surface area (Å²) in [4.78, 5) is 16.9. The molecule has 24 heavy (non-hydrogen) atoms. The molecule has 1 unspecified atom stereocenters. The summed E-state index contributed by atoms with van der Waals surface area (Å²) >= 11 is 1.60. The Bertz CT molecular complexity index is 660. The Morgan fingerprint density at radius 1 is 1.46 bits per heavy atom. The van der Waals surface area contributed by atoms with Crippen molar-refractivity contribution in [3.8, 4) is 11.5 Å². The molecule has 0 radical (unpaired) electrons. The fourth-order valence-corrected chi connectivity index (χ4v) is 4.05. The monoisotopic (exact) mass is 347 g/mol. The molecule has 1 amide bonds. The Morgan fingerprint density at radius 2 is 2.25 bits per heavy atom. The molecule has 1 fully saturated rings. The number of thiophene rings is 1. The van der Waals surface area contributed by atoms with Gasteiger partial charge in [0.25, 0.3) is 0 Å². The van der Waals surface area contributed by atoms with Gasteiger partial charge in [0, 0.05) is 23.5 Å². The molecule has 2 heterocycles. The van der Waals surface area contributed by atoms with Crippen LogP contribution in [0.3, 0.4) is 0 Å². The predicted octanol–water partition coefficient (Wildman–Crippen LogP) is 3.28. The number of nitrogens with one attached hydrogen (secondary N) is 1. The van der Waals surface area contributed by atoms with E-state index in [2.05, 4.69) is 10.3 Å². The normalized spacial score (nSPS) is 16.9. The Balaban J connectivity index is 1.61. The summed E-state index contributed by atoms with van der Waals surface area (Å²) in [7, 11) is 0. The van der Waals surface area contributed by atoms with Crippen LogP contribution in [-0.4, -0.2) is 23.5 Å². The molecule has 2 aromatic heterocycles. The minimum absolute atomic E-state index is 0.0238. The number of oxazole rings is 1. The molecule has 130 valence electrons. The fraction of sp³-hybridized carbons (Fsp3) is 0.556. The van der Waals surface area contributed by atoms with E-state index in [0.717, 1.165) is 18.4 Å². The lowest BCUT2D eigenvalue weighted by molar-refractivity contribution is -0.121. The lowest BCUT2D eigenvalue weighted by Crippen LogP contribution is -2.46. The number of aromatic nitrogens is 1. The van der Waals surface area contributed by atoms with Gasteiger partial charge in [-0.3, -0.25) is 4.79 Å². The van der Waals surface area contributed by atoms with Crippen molar-refractivity contribution in [2.45, 2.75) is 51.5 Å². The van der Waals surface area contributed by atoms with Gasteiger partial charge in [-0.05, 0) is 37.1 Å². The number of hydrogen-bond donors (Lipinski definition) is 2. The number of nitrogens with two attached hydrogens (primary N) is 1. The summed E-state index contributed by atoms with van der Waals surface area (Å²) < 4.78 is 5.70. The van der Waals surface area contributed by atoms with Crippen molar-refractivity contribution in [3.63, 3.8) is 0 Å². The predicted molar refractivity (Wildman–Crippen MR) is 95.8 cm³/mol. The van der Waals surface area contributed by atoms with Crippen molar-refractivity contribution in [1.29, 1.82) is 0 Å². The van der Waals surface area contributed by atoms with Gasteiger partial charge in [0.1, 0.15) is 5.76 Å². The summed E-state index contributed by atoms with van der Waals surface area (Å²) in [6.07, 6.45) is 6.33. The van der Waals surface area contributed by atoms with E-state index >= 15 is 0 Å². The standard InChI is InChI=1S/C18H25N3O2S/c1-12-15(21-18(23-12)14-7-8-24-11-14)9-17(22)20-16(10-19)13-5-3-2-4-6-13/h7-8,11,13,16H,2-6,9-10,19H2,1H3,(H,20,22). The van der Waals surface area contributed by atoms with E-state index in [1.54, 1.807) is 11.3 Å². The largest absolute Gasteiger partial charge is 0.441 e. The van der Waals surface area contributed by atoms with Gasteiger partial charge in [-0.1, -0.05) is 19.3 Å². The van der Waals surface area contributed by atoms with E-state index in [-0.39, 0.29) is 18.4 Å². The second kappa shape index (κ2) is 7.94. The van der Waals surface area contributed by atoms with Crippen LogP contribution in [0.1, 0.15) is 43.6 Å². The van der Waals surface area contributed by atoms with Crippen LogP contribution in [0.4, 0.5) is 0 Å². The summed E-state index contributed by atoms with van der Waals surface area (Å²) in [6, 6.07) is 2.04. The zero-order chi connectivity index (χ0) is 16.9. The van der Waals surface area contributed by atoms with Crippen LogP contribution in [-0.2, 0) is 11.2 Å². The molecule has 0 spiro atoms. The van der Waals surface area contributed by atoms with Crippen LogP contribution in [0.25, 0.3) is 11.5 Å². The maximum atomic E-state index is 12.4. The molecule has 3 rings (SSSR count). The maximum Gasteiger partial charge on any atom is 0.227 e. The highest BCUT2D eigenvalue weighted by Gasteiger charge is 2.24. The smallest absolute Gasteiger partial charge is 0.227 e. The molecule has 5 nitrogen and oxygen atoms in total. The van der Waals surface area contributed by atoms with Crippen LogP contribution in [0.5, 0.6) is 0 Å². The van der Waals surface area contributed by atoms with Crippen molar-refractivity contribution >= 4 is 17.2 Å². The molecule has 1 aliphatic rings. The lowest BCUT2D eigenvalue weighted by atomic mass is 9.84. The Morgan fingerprint density at radius 3 is 2.92 bits per heavy atom. The molecule has 0 bridgehead atoms. The first kappa shape index (κ1) is 17.2. The van der Waals surface area contributed by atoms with Crippen LogP contribution >= 0.6 is 11.3 Å². The van der Waals surface area contributed by atoms with Crippen LogP contribution in [0, 0.1) is 12.8 Å². The van der Waals surface area contributed by atoms with E-state index in [1.807, 2.05) is 23.8 Å². The van der Waals surface area contributed by atoms with Gasteiger partial charge in [0.05, 0.1) is 12.1 Å². The zero-order valence-electron chi connectivity index (χ0n) is 14.1. The Labute approximate surface area is 146 Å². The van der Waals surface area contributed by atoms with Gasteiger partial charge in [-0.2, -0.15) is 11.3 Å².